The van der Waals surface area contributed by atoms with Crippen LogP contribution < -0.4 is 53.0 Å². The second-order valence-corrected chi connectivity index (χ2v) is 26.2. The van der Waals surface area contributed by atoms with Gasteiger partial charge >= 0.3 is 24.2 Å². The van der Waals surface area contributed by atoms with Crippen LogP contribution in [-0.2, 0) is 55.1 Å². The molecular weight excluding hydrogens is 1360 g/mol. The number of azo groups is 3. The van der Waals surface area contributed by atoms with Crippen LogP contribution in [0.1, 0.15) is 13.8 Å². The molecule has 0 spiro atoms. The number of carbonyl (C=O) groups is 3. The number of halogens is 2. The van der Waals surface area contributed by atoms with Gasteiger partial charge in [0.05, 0.1) is 39.7 Å². The summed E-state index contributed by atoms with van der Waals surface area (Å²) in [4.78, 5) is 56.5. The standard InChI is InChI=1S/C48H47F2N21O18S5/c1-5-90(75,76)15-14-52-48(74)59-33-17-26(7-11-30(33)66-68-31-12-8-28(92(80,81)82)19-40(31)94(86,87)88)56-46-62-41(49)60-44(64-46)53-22-23(2)54-45-61-42(50)63-47(65-45)57-25-6-10-29(32(16-25)58-43(51)73)67-70-36-20-34(55-24(3)72)35(21-38(36)89-4)69-71-37-18-27(91(77,78)79)9-13-39(37)93(83,84)85/h5-13,16-21,23H,1,14-15,22H2,2-4H3,(H,55,72)(H3,51,58,73)(H2,52,59,74)(H,77,78,79)(H,80,81,82)(H,83,84,85)(H,86,87,88)(H2,53,56,60,62,64)(H2,54,57,61,63,65). The topological polar surface area (TPSA) is 586 Å². The van der Waals surface area contributed by atoms with Gasteiger partial charge in [-0.15, -0.1) is 30.7 Å². The lowest BCUT2D eigenvalue weighted by Gasteiger charge is -2.16. The number of methoxy groups -OCH3 is 1. The van der Waals surface area contributed by atoms with Crippen LogP contribution in [0.25, 0.3) is 0 Å². The van der Waals surface area contributed by atoms with Gasteiger partial charge in [-0.05, 0) is 85.8 Å². The highest BCUT2D eigenvalue weighted by atomic mass is 32.2. The molecule has 5 aromatic carbocycles. The number of nitrogens with one attached hydrogen (secondary N) is 8. The third-order valence-corrected chi connectivity index (χ3v) is 16.3. The molecule has 0 radical (unpaired) electrons. The average molecular weight is 1400 g/mol. The molecule has 14 N–H and O–H groups in total. The molecule has 496 valence electrons. The van der Waals surface area contributed by atoms with E-state index in [1.54, 1.807) is 6.92 Å². The summed E-state index contributed by atoms with van der Waals surface area (Å²) in [6.45, 7) is 5.32. The first kappa shape index (κ1) is 70.6. The molecule has 1 atom stereocenters. The van der Waals surface area contributed by atoms with Gasteiger partial charge in [0.15, 0.2) is 9.84 Å². The average Bonchev–Trinajstić information content (AvgIpc) is 0.822. The number of hydrogen-bond acceptors (Lipinski definition) is 30. The molecule has 5 amide bonds. The van der Waals surface area contributed by atoms with Crippen LogP contribution in [0.15, 0.2) is 147 Å². The SMILES string of the molecule is C=CS(=O)(=O)CCNC(=O)Nc1cc(Nc2nc(F)nc(NCC(C)Nc3nc(F)nc(Nc4ccc(N=Nc5cc(NC(C)=O)c(N=Nc6cc(S(=O)(=O)O)ccc6S(=O)(=O)O)cc5OC)c(NC(N)=O)c4)n3)n2)ccc1N=Nc1ccc(S(=O)(=O)O)cc1S(=O)(=O)O. The molecule has 1 unspecified atom stereocenters. The fourth-order valence-electron chi connectivity index (χ4n) is 7.41. The highest BCUT2D eigenvalue weighted by Gasteiger charge is 2.24. The van der Waals surface area contributed by atoms with E-state index in [-0.39, 0.29) is 81.3 Å². The van der Waals surface area contributed by atoms with Gasteiger partial charge in [-0.2, -0.15) is 72.4 Å². The van der Waals surface area contributed by atoms with Crippen LogP contribution >= 0.6 is 0 Å². The number of rotatable bonds is 27. The molecule has 7 rings (SSSR count). The van der Waals surface area contributed by atoms with Gasteiger partial charge in [0, 0.05) is 48.9 Å². The first-order valence-corrected chi connectivity index (χ1v) is 33.0. The smallest absolute Gasteiger partial charge is 0.319 e. The lowest BCUT2D eigenvalue weighted by molar-refractivity contribution is -0.114. The summed E-state index contributed by atoms with van der Waals surface area (Å²) in [5.41, 5.74) is 3.07. The van der Waals surface area contributed by atoms with Crippen LogP contribution in [0.5, 0.6) is 5.75 Å². The van der Waals surface area contributed by atoms with Crippen LogP contribution in [0.2, 0.25) is 0 Å². The monoisotopic (exact) mass is 1400 g/mol. The van der Waals surface area contributed by atoms with Gasteiger partial charge in [0.25, 0.3) is 40.5 Å². The van der Waals surface area contributed by atoms with Crippen LogP contribution in [0.3, 0.4) is 0 Å². The minimum atomic E-state index is -5.19. The summed E-state index contributed by atoms with van der Waals surface area (Å²) in [6.07, 6.45) is -2.59. The number of anilines is 9. The Labute approximate surface area is 529 Å². The summed E-state index contributed by atoms with van der Waals surface area (Å²) in [6, 6.07) is 11.0. The van der Waals surface area contributed by atoms with Crippen molar-refractivity contribution in [3.8, 4) is 5.75 Å². The maximum Gasteiger partial charge on any atom is 0.319 e. The van der Waals surface area contributed by atoms with Gasteiger partial charge < -0.3 is 53.0 Å². The summed E-state index contributed by atoms with van der Waals surface area (Å²) in [5, 5.41) is 44.8. The number of nitrogens with two attached hydrogens (primary N) is 1. The third kappa shape index (κ3) is 20.1. The van der Waals surface area contributed by atoms with E-state index in [2.05, 4.69) is 110 Å². The Morgan fingerprint density at radius 2 is 1.06 bits per heavy atom. The van der Waals surface area contributed by atoms with E-state index in [0.717, 1.165) is 25.1 Å². The lowest BCUT2D eigenvalue weighted by atomic mass is 10.2. The van der Waals surface area contributed by atoms with Crippen molar-refractivity contribution < 1.29 is 88.2 Å². The van der Waals surface area contributed by atoms with Crippen molar-refractivity contribution in [1.82, 2.24) is 35.2 Å². The number of nitrogens with zero attached hydrogens (tertiary/aromatic N) is 12. The number of amides is 5. The summed E-state index contributed by atoms with van der Waals surface area (Å²) in [7, 11) is -22.6. The zero-order valence-electron chi connectivity index (χ0n) is 47.8. The summed E-state index contributed by atoms with van der Waals surface area (Å²) < 4.78 is 193. The number of sulfone groups is 1. The maximum absolute atomic E-state index is 15.0. The molecule has 2 heterocycles. The van der Waals surface area contributed by atoms with Crippen molar-refractivity contribution in [2.45, 2.75) is 39.5 Å². The summed E-state index contributed by atoms with van der Waals surface area (Å²) in [5.74, 6) is -2.82. The van der Waals surface area contributed by atoms with Gasteiger partial charge in [-0.1, -0.05) is 6.58 Å². The molecule has 7 aromatic rings. The van der Waals surface area contributed by atoms with Gasteiger partial charge in [0.2, 0.25) is 29.7 Å². The van der Waals surface area contributed by atoms with Gasteiger partial charge in [-0.25, -0.2) is 18.0 Å². The zero-order chi connectivity index (χ0) is 69.1. The lowest BCUT2D eigenvalue weighted by Crippen LogP contribution is -2.32. The Morgan fingerprint density at radius 3 is 1.62 bits per heavy atom. The molecule has 94 heavy (non-hydrogen) atoms. The minimum Gasteiger partial charge on any atom is -0.494 e. The molecule has 0 saturated carbocycles. The molecule has 39 nitrogen and oxygen atoms in total. The predicted molar refractivity (Wildman–Crippen MR) is 327 cm³/mol. The molecule has 0 saturated heterocycles. The number of urea groups is 2. The Morgan fingerprint density at radius 1 is 0.574 bits per heavy atom. The van der Waals surface area contributed by atoms with Gasteiger partial charge in [-0.3, -0.25) is 23.0 Å². The van der Waals surface area contributed by atoms with E-state index < -0.39 is 136 Å². The van der Waals surface area contributed by atoms with Crippen LogP contribution in [0.4, 0.5) is 105 Å². The molecule has 0 fully saturated rings. The fraction of sp³-hybridized carbons (Fsp3) is 0.146. The number of hydrogen-bond donors (Lipinski definition) is 13. The Kier molecular flexibility index (Phi) is 21.9. The number of aromatic nitrogens is 6. The number of primary amides is 1. The van der Waals surface area contributed by atoms with E-state index >= 15 is 0 Å². The van der Waals surface area contributed by atoms with E-state index in [9.17, 15) is 83.5 Å². The highest BCUT2D eigenvalue weighted by Crippen LogP contribution is 2.42. The molecule has 46 heteroatoms. The first-order chi connectivity index (χ1) is 43.9. The molecule has 0 aliphatic rings. The van der Waals surface area contributed by atoms with Crippen LogP contribution in [0, 0.1) is 12.2 Å². The van der Waals surface area contributed by atoms with Crippen molar-refractivity contribution in [3.05, 3.63) is 109 Å². The van der Waals surface area contributed by atoms with Crippen molar-refractivity contribution in [3.63, 3.8) is 0 Å². The normalized spacial score (nSPS) is 12.5. The predicted octanol–water partition coefficient (Wildman–Crippen LogP) is 7.10. The zero-order valence-corrected chi connectivity index (χ0v) is 51.9. The summed E-state index contributed by atoms with van der Waals surface area (Å²) >= 11 is 0. The quantitative estimate of drug-likeness (QED) is 0.0180. The van der Waals surface area contributed by atoms with E-state index in [4.69, 9.17) is 10.5 Å². The number of benzene rings is 5. The van der Waals surface area contributed by atoms with Crippen molar-refractivity contribution in [2.24, 2.45) is 36.4 Å². The fourth-order valence-corrected chi connectivity index (χ4v) is 10.3. The maximum atomic E-state index is 15.0. The van der Waals surface area contributed by atoms with E-state index in [1.807, 2.05) is 0 Å². The highest BCUT2D eigenvalue weighted by molar-refractivity contribution is 7.94. The largest absolute Gasteiger partial charge is 0.494 e. The molecule has 0 aliphatic heterocycles. The Hall–Kier alpha value is -10.9. The Balaban J connectivity index is 1.06. The second-order valence-electron chi connectivity index (χ2n) is 18.5. The van der Waals surface area contributed by atoms with Crippen molar-refractivity contribution in [2.75, 3.05) is 63.2 Å². The first-order valence-electron chi connectivity index (χ1n) is 25.5. The molecule has 0 bridgehead atoms. The van der Waals surface area contributed by atoms with Gasteiger partial charge in [0.1, 0.15) is 49.7 Å². The van der Waals surface area contributed by atoms with E-state index in [1.165, 1.54) is 49.6 Å². The number of ether oxygens (including phenoxy) is 1. The second kappa shape index (κ2) is 29.2. The third-order valence-electron chi connectivity index (χ3n) is 11.5. The van der Waals surface area contributed by atoms with Crippen molar-refractivity contribution in [1.29, 1.82) is 0 Å². The molecular formula is C48H47F2N21O18S5. The van der Waals surface area contributed by atoms with Crippen LogP contribution in [-0.4, -0.2) is 140 Å². The Bertz CT molecular complexity index is 4870. The molecule has 0 aliphatic carbocycles. The van der Waals surface area contributed by atoms with Crippen molar-refractivity contribution >= 4 is 155 Å². The number of carbonyl (C=O) groups excluding carboxylic acids is 3. The molecule has 2 aromatic heterocycles. The van der Waals surface area contributed by atoms with E-state index in [0.29, 0.717) is 29.7 Å². The minimum absolute atomic E-state index is 0.0110.